The molecule has 5 rings (SSSR count). The Kier molecular flexibility index (Phi) is 5.98. The van der Waals surface area contributed by atoms with Crippen molar-refractivity contribution >= 4 is 39.6 Å². The molecule has 1 aliphatic carbocycles. The van der Waals surface area contributed by atoms with Crippen molar-refractivity contribution in [2.75, 3.05) is 5.32 Å². The van der Waals surface area contributed by atoms with E-state index in [0.29, 0.717) is 16.7 Å². The van der Waals surface area contributed by atoms with E-state index < -0.39 is 29.6 Å². The summed E-state index contributed by atoms with van der Waals surface area (Å²) in [5.74, 6) is -0.851. The topological polar surface area (TPSA) is 115 Å². The summed E-state index contributed by atoms with van der Waals surface area (Å²) in [7, 11) is 0. The number of anilines is 1. The second-order valence-electron chi connectivity index (χ2n) is 8.95. The molecule has 0 saturated heterocycles. The van der Waals surface area contributed by atoms with E-state index >= 15 is 0 Å². The summed E-state index contributed by atoms with van der Waals surface area (Å²) in [6, 6.07) is 14.3. The van der Waals surface area contributed by atoms with Crippen LogP contribution in [0.1, 0.15) is 31.2 Å². The molecule has 0 unspecified atom stereocenters. The van der Waals surface area contributed by atoms with E-state index in [9.17, 15) is 19.2 Å². The highest BCUT2D eigenvalue weighted by Crippen LogP contribution is 2.25. The minimum Gasteiger partial charge on any atom is -0.449 e. The molecule has 0 bridgehead atoms. The quantitative estimate of drug-likeness (QED) is 0.446. The van der Waals surface area contributed by atoms with Gasteiger partial charge in [-0.3, -0.25) is 19.0 Å². The van der Waals surface area contributed by atoms with E-state index in [1.165, 1.54) is 4.57 Å². The minimum atomic E-state index is -0.740. The van der Waals surface area contributed by atoms with Gasteiger partial charge in [-0.05, 0) is 43.5 Å². The number of hydrogen-bond donors (Lipinski definition) is 2. The van der Waals surface area contributed by atoms with Crippen LogP contribution in [0.25, 0.3) is 22.1 Å². The van der Waals surface area contributed by atoms with E-state index in [4.69, 9.17) is 4.42 Å². The Hall–Kier alpha value is -4.14. The predicted octanol–water partition coefficient (Wildman–Crippen LogP) is 2.92. The smallest absolute Gasteiger partial charge is 0.332 e. The molecule has 9 nitrogen and oxygen atoms in total. The number of amides is 2. The first-order valence-electron chi connectivity index (χ1n) is 11.7. The van der Waals surface area contributed by atoms with Crippen molar-refractivity contribution in [3.8, 4) is 0 Å². The monoisotopic (exact) mass is 474 g/mol. The van der Waals surface area contributed by atoms with Crippen molar-refractivity contribution in [2.45, 2.75) is 51.7 Å². The van der Waals surface area contributed by atoms with Gasteiger partial charge < -0.3 is 15.1 Å². The first kappa shape index (κ1) is 22.6. The molecule has 4 aromatic rings. The number of fused-ring (bicyclic) bond motifs is 3. The van der Waals surface area contributed by atoms with Crippen LogP contribution < -0.4 is 21.9 Å². The summed E-state index contributed by atoms with van der Waals surface area (Å²) in [4.78, 5) is 52.4. The third-order valence-corrected chi connectivity index (χ3v) is 6.48. The lowest BCUT2D eigenvalue weighted by atomic mass is 10.2. The molecular formula is C26H26N4O5. The Balaban J connectivity index is 1.57. The van der Waals surface area contributed by atoms with Crippen molar-refractivity contribution in [3.63, 3.8) is 0 Å². The lowest BCUT2D eigenvalue weighted by Crippen LogP contribution is -2.46. The van der Waals surface area contributed by atoms with E-state index in [0.717, 1.165) is 35.8 Å². The van der Waals surface area contributed by atoms with Gasteiger partial charge in [-0.15, -0.1) is 0 Å². The molecule has 0 spiro atoms. The lowest BCUT2D eigenvalue weighted by molar-refractivity contribution is -0.122. The predicted molar refractivity (Wildman–Crippen MR) is 132 cm³/mol. The summed E-state index contributed by atoms with van der Waals surface area (Å²) in [6.45, 7) is 1.07. The Morgan fingerprint density at radius 1 is 0.943 bits per heavy atom. The zero-order chi connectivity index (χ0) is 24.5. The second-order valence-corrected chi connectivity index (χ2v) is 8.95. The van der Waals surface area contributed by atoms with Gasteiger partial charge in [0.25, 0.3) is 5.56 Å². The number of aryl methyl sites for hydroxylation is 1. The van der Waals surface area contributed by atoms with E-state index in [1.807, 2.05) is 19.1 Å². The third-order valence-electron chi connectivity index (χ3n) is 6.48. The van der Waals surface area contributed by atoms with Gasteiger partial charge in [0, 0.05) is 17.1 Å². The van der Waals surface area contributed by atoms with E-state index in [-0.39, 0.29) is 23.7 Å². The average molecular weight is 475 g/mol. The molecule has 2 amide bonds. The number of furan rings is 1. The molecular weight excluding hydrogens is 448 g/mol. The zero-order valence-corrected chi connectivity index (χ0v) is 19.4. The maximum absolute atomic E-state index is 13.5. The highest BCUT2D eigenvalue weighted by atomic mass is 16.3. The Morgan fingerprint density at radius 2 is 1.63 bits per heavy atom. The molecule has 2 aromatic heterocycles. The second kappa shape index (κ2) is 9.25. The number of para-hydroxylation sites is 2. The average Bonchev–Trinajstić information content (AvgIpc) is 3.49. The summed E-state index contributed by atoms with van der Waals surface area (Å²) in [5, 5.41) is 6.26. The molecule has 0 radical (unpaired) electrons. The summed E-state index contributed by atoms with van der Waals surface area (Å²) in [5.41, 5.74) is 0.657. The molecule has 1 saturated carbocycles. The fourth-order valence-electron chi connectivity index (χ4n) is 4.72. The van der Waals surface area contributed by atoms with Crippen LogP contribution in [0.2, 0.25) is 0 Å². The summed E-state index contributed by atoms with van der Waals surface area (Å²) < 4.78 is 7.85. The van der Waals surface area contributed by atoms with Crippen LogP contribution in [0.5, 0.6) is 0 Å². The number of benzene rings is 2. The molecule has 2 heterocycles. The van der Waals surface area contributed by atoms with E-state index in [1.54, 1.807) is 36.4 Å². The van der Waals surface area contributed by atoms with Gasteiger partial charge >= 0.3 is 5.69 Å². The van der Waals surface area contributed by atoms with E-state index in [2.05, 4.69) is 10.6 Å². The normalized spacial score (nSPS) is 14.0. The molecule has 9 heteroatoms. The number of carbonyl (C=O) groups excluding carboxylic acids is 2. The number of rotatable bonds is 6. The van der Waals surface area contributed by atoms with Crippen molar-refractivity contribution < 1.29 is 14.0 Å². The van der Waals surface area contributed by atoms with Crippen LogP contribution in [-0.2, 0) is 22.7 Å². The number of aromatic nitrogens is 2. The van der Waals surface area contributed by atoms with Crippen molar-refractivity contribution in [1.82, 2.24) is 14.5 Å². The highest BCUT2D eigenvalue weighted by molar-refractivity contribution is 6.03. The number of hydrogen-bond acceptors (Lipinski definition) is 5. The Labute approximate surface area is 200 Å². The van der Waals surface area contributed by atoms with Gasteiger partial charge in [0.2, 0.25) is 17.4 Å². The zero-order valence-electron chi connectivity index (χ0n) is 19.4. The molecule has 0 atom stereocenters. The standard InChI is InChI=1S/C26H26N4O5/c1-16-8-2-6-12-19(16)28-22(32)14-29-23-18-11-5-7-13-20(18)35-24(23)25(33)30(26(29)34)15-21(31)27-17-9-3-4-10-17/h2,5-8,11-13,17H,3-4,9-10,14-15H2,1H3,(H,27,31)(H,28,32). The fourth-order valence-corrected chi connectivity index (χ4v) is 4.72. The SMILES string of the molecule is Cc1ccccc1NC(=O)Cn1c(=O)n(CC(=O)NC2CCCC2)c(=O)c2oc3ccccc3c21. The van der Waals surface area contributed by atoms with Crippen LogP contribution in [0.15, 0.2) is 62.5 Å². The van der Waals surface area contributed by atoms with Gasteiger partial charge in [0.15, 0.2) is 0 Å². The van der Waals surface area contributed by atoms with Crippen molar-refractivity contribution in [2.24, 2.45) is 0 Å². The number of nitrogens with one attached hydrogen (secondary N) is 2. The molecule has 180 valence electrons. The lowest BCUT2D eigenvalue weighted by Gasteiger charge is -2.15. The van der Waals surface area contributed by atoms with Crippen LogP contribution in [-0.4, -0.2) is 27.0 Å². The Morgan fingerprint density at radius 3 is 2.40 bits per heavy atom. The highest BCUT2D eigenvalue weighted by Gasteiger charge is 2.24. The molecule has 2 aromatic carbocycles. The fraction of sp³-hybridized carbons (Fsp3) is 0.308. The van der Waals surface area contributed by atoms with Gasteiger partial charge in [-0.2, -0.15) is 0 Å². The number of nitrogens with zero attached hydrogens (tertiary/aromatic N) is 2. The van der Waals surface area contributed by atoms with Crippen LogP contribution in [0.3, 0.4) is 0 Å². The largest absolute Gasteiger partial charge is 0.449 e. The summed E-state index contributed by atoms with van der Waals surface area (Å²) >= 11 is 0. The van der Waals surface area contributed by atoms with Crippen LogP contribution >= 0.6 is 0 Å². The van der Waals surface area contributed by atoms with Crippen LogP contribution in [0, 0.1) is 6.92 Å². The first-order valence-corrected chi connectivity index (χ1v) is 11.7. The summed E-state index contributed by atoms with van der Waals surface area (Å²) in [6.07, 6.45) is 3.84. The van der Waals surface area contributed by atoms with Gasteiger partial charge in [0.05, 0.1) is 0 Å². The van der Waals surface area contributed by atoms with Crippen molar-refractivity contribution in [3.05, 3.63) is 74.9 Å². The van der Waals surface area contributed by atoms with Gasteiger partial charge in [-0.25, -0.2) is 9.36 Å². The maximum Gasteiger partial charge on any atom is 0.332 e. The van der Waals surface area contributed by atoms with Crippen molar-refractivity contribution in [1.29, 1.82) is 0 Å². The molecule has 35 heavy (non-hydrogen) atoms. The Bertz CT molecular complexity index is 1560. The maximum atomic E-state index is 13.5. The molecule has 0 aliphatic heterocycles. The molecule has 1 aliphatic rings. The van der Waals surface area contributed by atoms with Gasteiger partial charge in [-0.1, -0.05) is 43.2 Å². The minimum absolute atomic E-state index is 0.0512. The van der Waals surface area contributed by atoms with Crippen LogP contribution in [0.4, 0.5) is 5.69 Å². The number of carbonyl (C=O) groups is 2. The third kappa shape index (κ3) is 4.37. The van der Waals surface area contributed by atoms with Gasteiger partial charge in [0.1, 0.15) is 24.2 Å². The molecule has 2 N–H and O–H groups in total. The first-order chi connectivity index (χ1) is 16.9. The molecule has 1 fully saturated rings.